The van der Waals surface area contributed by atoms with Crippen LogP contribution >= 0.6 is 0 Å². The molecule has 1 aromatic carbocycles. The van der Waals surface area contributed by atoms with E-state index in [1.54, 1.807) is 11.1 Å². The molecule has 3 aliphatic rings. The minimum Gasteiger partial charge on any atom is -0.394 e. The molecule has 5 unspecified atom stereocenters. The molecule has 2 aromatic heterocycles. The van der Waals surface area contributed by atoms with Gasteiger partial charge in [-0.05, 0) is 49.8 Å². The lowest BCUT2D eigenvalue weighted by atomic mass is 9.88. The smallest absolute Gasteiger partial charge is 0.255 e. The molecule has 0 spiro atoms. The van der Waals surface area contributed by atoms with Gasteiger partial charge in [0.05, 0.1) is 37.2 Å². The fraction of sp³-hybridized carbons (Fsp3) is 0.600. The monoisotopic (exact) mass is 634 g/mol. The number of rotatable bonds is 10. The van der Waals surface area contributed by atoms with Crippen molar-refractivity contribution in [2.24, 2.45) is 5.92 Å². The van der Waals surface area contributed by atoms with Crippen molar-refractivity contribution >= 4 is 5.91 Å². The predicted octanol–water partition coefficient (Wildman–Crippen LogP) is 1.98. The van der Waals surface area contributed by atoms with Crippen molar-refractivity contribution in [1.82, 2.24) is 29.7 Å². The normalized spacial score (nSPS) is 28.7. The van der Waals surface area contributed by atoms with E-state index < -0.39 is 72.6 Å². The molecule has 1 amide bonds. The van der Waals surface area contributed by atoms with Crippen LogP contribution in [0.5, 0.6) is 0 Å². The minimum absolute atomic E-state index is 0.0272. The van der Waals surface area contributed by atoms with Gasteiger partial charge in [-0.1, -0.05) is 18.1 Å². The van der Waals surface area contributed by atoms with Crippen molar-refractivity contribution in [2.45, 2.75) is 94.2 Å². The van der Waals surface area contributed by atoms with Gasteiger partial charge < -0.3 is 29.7 Å². The Morgan fingerprint density at radius 3 is 2.53 bits per heavy atom. The predicted molar refractivity (Wildman–Crippen MR) is 151 cm³/mol. The van der Waals surface area contributed by atoms with Crippen LogP contribution in [0.1, 0.15) is 50.3 Å². The minimum atomic E-state index is -1.62. The second-order valence-corrected chi connectivity index (χ2v) is 12.1. The molecule has 3 aromatic rings. The van der Waals surface area contributed by atoms with Gasteiger partial charge in [-0.25, -0.2) is 17.9 Å². The average molecular weight is 635 g/mol. The second-order valence-electron chi connectivity index (χ2n) is 12.1. The van der Waals surface area contributed by atoms with Gasteiger partial charge >= 0.3 is 0 Å². The van der Waals surface area contributed by atoms with Crippen LogP contribution in [-0.4, -0.2) is 101 Å². The largest absolute Gasteiger partial charge is 0.394 e. The number of hydrogen-bond acceptors (Lipinski definition) is 9. The Morgan fingerprint density at radius 1 is 1.13 bits per heavy atom. The molecule has 1 aliphatic heterocycles. The van der Waals surface area contributed by atoms with Gasteiger partial charge in [-0.15, -0.1) is 5.10 Å². The Labute approximate surface area is 257 Å². The van der Waals surface area contributed by atoms with E-state index in [-0.39, 0.29) is 17.8 Å². The summed E-state index contributed by atoms with van der Waals surface area (Å²) in [6.45, 7) is 0.235. The first-order valence-corrected chi connectivity index (χ1v) is 15.2. The summed E-state index contributed by atoms with van der Waals surface area (Å²) in [5.41, 5.74) is 0.674. The van der Waals surface area contributed by atoms with Gasteiger partial charge in [0.15, 0.2) is 23.6 Å². The molecule has 15 heteroatoms. The summed E-state index contributed by atoms with van der Waals surface area (Å²) in [6.07, 6.45) is 2.01. The topological polar surface area (TPSA) is 148 Å². The van der Waals surface area contributed by atoms with Crippen molar-refractivity contribution in [1.29, 1.82) is 0 Å². The highest BCUT2D eigenvalue weighted by atomic mass is 19.2. The van der Waals surface area contributed by atoms with Gasteiger partial charge in [0.1, 0.15) is 30.0 Å². The van der Waals surface area contributed by atoms with Crippen LogP contribution in [0, 0.1) is 23.4 Å². The third-order valence-corrected chi connectivity index (χ3v) is 9.12. The van der Waals surface area contributed by atoms with E-state index in [1.807, 2.05) is 10.7 Å². The summed E-state index contributed by atoms with van der Waals surface area (Å²) in [4.78, 5) is 16.1. The van der Waals surface area contributed by atoms with Crippen molar-refractivity contribution < 1.29 is 42.8 Å². The summed E-state index contributed by atoms with van der Waals surface area (Å²) < 4.78 is 56.3. The zero-order chi connectivity index (χ0) is 31.8. The number of aliphatic hydroxyl groups excluding tert-OH is 3. The lowest BCUT2D eigenvalue weighted by Crippen LogP contribution is -2.62. The first-order chi connectivity index (χ1) is 21.7. The van der Waals surface area contributed by atoms with Crippen molar-refractivity contribution in [2.75, 3.05) is 13.7 Å². The van der Waals surface area contributed by atoms with Crippen molar-refractivity contribution in [3.8, 4) is 11.3 Å². The molecule has 7 atom stereocenters. The number of benzene rings is 1. The Hall–Kier alpha value is -3.37. The highest BCUT2D eigenvalue weighted by Crippen LogP contribution is 2.36. The van der Waals surface area contributed by atoms with Crippen molar-refractivity contribution in [3.05, 3.63) is 53.7 Å². The third kappa shape index (κ3) is 6.36. The Bertz CT molecular complexity index is 1480. The second kappa shape index (κ2) is 13.2. The number of carbonyl (C=O) groups is 1. The summed E-state index contributed by atoms with van der Waals surface area (Å²) in [5, 5.41) is 44.9. The first-order valence-electron chi connectivity index (χ1n) is 15.2. The van der Waals surface area contributed by atoms with E-state index in [0.717, 1.165) is 50.1 Å². The van der Waals surface area contributed by atoms with Crippen LogP contribution in [0.2, 0.25) is 0 Å². The zero-order valence-electron chi connectivity index (χ0n) is 24.8. The van der Waals surface area contributed by atoms with Gasteiger partial charge in [0, 0.05) is 25.4 Å². The zero-order valence-corrected chi connectivity index (χ0v) is 24.8. The summed E-state index contributed by atoms with van der Waals surface area (Å²) in [6, 6.07) is 1.73. The highest BCUT2D eigenvalue weighted by Gasteiger charge is 2.52. The molecule has 0 bridgehead atoms. The summed E-state index contributed by atoms with van der Waals surface area (Å²) in [7, 11) is 1.33. The Morgan fingerprint density at radius 2 is 1.87 bits per heavy atom. The molecule has 3 N–H and O–H groups in total. The molecule has 12 nitrogen and oxygen atoms in total. The first kappa shape index (κ1) is 31.6. The molecular formula is C30H37F3N6O6. The number of nitrogens with zero attached hydrogens (tertiary/aromatic N) is 6. The number of ether oxygens (including phenoxy) is 2. The van der Waals surface area contributed by atoms with E-state index in [4.69, 9.17) is 9.47 Å². The lowest BCUT2D eigenvalue weighted by Gasteiger charge is -2.46. The number of aliphatic hydroxyl groups is 3. The SMILES string of the molecule is COC1C(C(=O)N(Cc2ccnn2CC2CC2)[C@H]2CCCC[C@@H]2O)OC(CO)C(O)C1n1cc(-c2cc(F)c(F)c(F)c2)nn1. The fourth-order valence-corrected chi connectivity index (χ4v) is 6.47. The molecule has 3 heterocycles. The average Bonchev–Trinajstić information content (AvgIpc) is 3.53. The number of hydrogen-bond donors (Lipinski definition) is 3. The maximum absolute atomic E-state index is 14.5. The highest BCUT2D eigenvalue weighted by molar-refractivity contribution is 5.82. The Balaban J connectivity index is 1.33. The van der Waals surface area contributed by atoms with Crippen LogP contribution in [0.15, 0.2) is 30.6 Å². The Kier molecular flexibility index (Phi) is 9.24. The van der Waals surface area contributed by atoms with E-state index in [9.17, 15) is 33.3 Å². The quantitative estimate of drug-likeness (QED) is 0.285. The molecule has 0 radical (unpaired) electrons. The number of carbonyl (C=O) groups excluding carboxylic acids is 1. The molecule has 6 rings (SSSR count). The van der Waals surface area contributed by atoms with Gasteiger partial charge in [-0.2, -0.15) is 5.10 Å². The van der Waals surface area contributed by atoms with Gasteiger partial charge in [0.2, 0.25) is 0 Å². The van der Waals surface area contributed by atoms with Crippen LogP contribution < -0.4 is 0 Å². The maximum Gasteiger partial charge on any atom is 0.255 e. The molecule has 1 saturated heterocycles. The number of methoxy groups -OCH3 is 1. The third-order valence-electron chi connectivity index (χ3n) is 9.12. The van der Waals surface area contributed by atoms with Gasteiger partial charge in [0.25, 0.3) is 5.91 Å². The molecular weight excluding hydrogens is 597 g/mol. The van der Waals surface area contributed by atoms with E-state index in [0.29, 0.717) is 18.8 Å². The molecule has 2 saturated carbocycles. The van der Waals surface area contributed by atoms with E-state index in [1.165, 1.54) is 18.0 Å². The summed E-state index contributed by atoms with van der Waals surface area (Å²) >= 11 is 0. The number of amides is 1. The number of halogens is 3. The van der Waals surface area contributed by atoms with E-state index in [2.05, 4.69) is 15.4 Å². The number of aromatic nitrogens is 5. The van der Waals surface area contributed by atoms with Crippen LogP contribution in [0.25, 0.3) is 11.3 Å². The maximum atomic E-state index is 14.5. The van der Waals surface area contributed by atoms with Crippen LogP contribution in [-0.2, 0) is 27.4 Å². The van der Waals surface area contributed by atoms with Gasteiger partial charge in [-0.3, -0.25) is 9.48 Å². The molecule has 244 valence electrons. The van der Waals surface area contributed by atoms with Crippen LogP contribution in [0.3, 0.4) is 0 Å². The fourth-order valence-electron chi connectivity index (χ4n) is 6.47. The summed E-state index contributed by atoms with van der Waals surface area (Å²) in [5.74, 6) is -4.41. The van der Waals surface area contributed by atoms with E-state index >= 15 is 0 Å². The van der Waals surface area contributed by atoms with Crippen LogP contribution in [0.4, 0.5) is 13.2 Å². The lowest BCUT2D eigenvalue weighted by molar-refractivity contribution is -0.219. The molecule has 45 heavy (non-hydrogen) atoms. The molecule has 3 fully saturated rings. The van der Waals surface area contributed by atoms with Crippen molar-refractivity contribution in [3.63, 3.8) is 0 Å². The standard InChI is InChI=1S/C30H37F3N6O6/c1-44-28-26(39-14-21(35-36-39)17-10-19(31)25(33)20(32)11-17)27(42)24(15-40)45-29(28)30(43)37(22-4-2-3-5-23(22)41)13-18-8-9-34-38(18)12-16-6-7-16/h8-11,14,16,22-24,26-29,40-42H,2-7,12-13,15H2,1H3/t22-,23-,24?,26?,27?,28?,29?/m0/s1. The molecule has 2 aliphatic carbocycles.